The largest absolute Gasteiger partial charge is 0.478 e. The van der Waals surface area contributed by atoms with Crippen molar-refractivity contribution < 1.29 is 14.7 Å². The number of rotatable bonds is 2. The minimum absolute atomic E-state index is 0.0567. The fourth-order valence-corrected chi connectivity index (χ4v) is 2.25. The van der Waals surface area contributed by atoms with E-state index in [1.807, 2.05) is 20.8 Å². The molecule has 1 heterocycles. The predicted molar refractivity (Wildman–Crippen MR) is 74.0 cm³/mol. The van der Waals surface area contributed by atoms with Crippen LogP contribution in [0.1, 0.15) is 54.1 Å². The van der Waals surface area contributed by atoms with Gasteiger partial charge in [-0.1, -0.05) is 20.8 Å². The number of carboxylic acid groups (broad SMARTS) is 1. The van der Waals surface area contributed by atoms with E-state index in [-0.39, 0.29) is 16.8 Å². The first-order valence-corrected chi connectivity index (χ1v) is 6.12. The third-order valence-electron chi connectivity index (χ3n) is 3.15. The lowest BCUT2D eigenvalue weighted by Gasteiger charge is -2.18. The molecule has 0 amide bonds. The molecule has 0 bridgehead atoms. The number of Topliss-reactive ketones (excluding diaryl/α,β-unsaturated/α-hetero) is 1. The van der Waals surface area contributed by atoms with Crippen LogP contribution in [-0.4, -0.2) is 21.8 Å². The van der Waals surface area contributed by atoms with Crippen LogP contribution in [0.5, 0.6) is 0 Å². The first-order chi connectivity index (χ1) is 8.71. The molecule has 0 atom stereocenters. The maximum atomic E-state index is 11.9. The van der Waals surface area contributed by atoms with Crippen molar-refractivity contribution in [3.63, 3.8) is 0 Å². The first-order valence-electron chi connectivity index (χ1n) is 6.12. The maximum absolute atomic E-state index is 11.9. The van der Waals surface area contributed by atoms with Crippen LogP contribution < -0.4 is 0 Å². The lowest BCUT2D eigenvalue weighted by Crippen LogP contribution is -2.15. The number of carbonyl (C=O) groups excluding carboxylic acids is 1. The van der Waals surface area contributed by atoms with E-state index in [1.54, 1.807) is 12.1 Å². The van der Waals surface area contributed by atoms with Crippen LogP contribution >= 0.6 is 0 Å². The maximum Gasteiger partial charge on any atom is 0.335 e. The summed E-state index contributed by atoms with van der Waals surface area (Å²) >= 11 is 0. The van der Waals surface area contributed by atoms with E-state index in [0.717, 1.165) is 11.2 Å². The van der Waals surface area contributed by atoms with Crippen molar-refractivity contribution >= 4 is 22.7 Å². The van der Waals surface area contributed by atoms with Crippen LogP contribution in [0, 0.1) is 0 Å². The molecular weight excluding hydrogens is 242 g/mol. The van der Waals surface area contributed by atoms with Crippen LogP contribution in [0.25, 0.3) is 10.9 Å². The molecular formula is C15H17NO3. The van der Waals surface area contributed by atoms with E-state index < -0.39 is 5.97 Å². The number of carbonyl (C=O) groups is 2. The summed E-state index contributed by atoms with van der Waals surface area (Å²) in [4.78, 5) is 26.2. The van der Waals surface area contributed by atoms with E-state index in [9.17, 15) is 9.59 Å². The summed E-state index contributed by atoms with van der Waals surface area (Å²) in [5.74, 6) is -1.05. The SMILES string of the molecule is CC(=O)c1c(C(C)(C)C)[nH]c2ccc(C(=O)O)cc12. The summed E-state index contributed by atoms with van der Waals surface area (Å²) in [6.07, 6.45) is 0. The monoisotopic (exact) mass is 259 g/mol. The van der Waals surface area contributed by atoms with E-state index in [0.29, 0.717) is 10.9 Å². The molecule has 0 saturated heterocycles. The van der Waals surface area contributed by atoms with Crippen molar-refractivity contribution in [2.24, 2.45) is 0 Å². The average molecular weight is 259 g/mol. The molecule has 0 aliphatic carbocycles. The molecule has 0 aliphatic rings. The highest BCUT2D eigenvalue weighted by Crippen LogP contribution is 2.32. The Kier molecular flexibility index (Phi) is 2.97. The van der Waals surface area contributed by atoms with Crippen molar-refractivity contribution in [1.29, 1.82) is 0 Å². The van der Waals surface area contributed by atoms with Gasteiger partial charge in [0.1, 0.15) is 0 Å². The van der Waals surface area contributed by atoms with Crippen LogP contribution in [0.4, 0.5) is 0 Å². The number of aromatic carboxylic acids is 1. The minimum atomic E-state index is -0.991. The molecule has 1 aromatic heterocycles. The van der Waals surface area contributed by atoms with Gasteiger partial charge in [-0.15, -0.1) is 0 Å². The van der Waals surface area contributed by atoms with Crippen LogP contribution in [-0.2, 0) is 5.41 Å². The number of hydrogen-bond donors (Lipinski definition) is 2. The summed E-state index contributed by atoms with van der Waals surface area (Å²) < 4.78 is 0. The minimum Gasteiger partial charge on any atom is -0.478 e. The normalized spacial score (nSPS) is 11.8. The number of nitrogens with one attached hydrogen (secondary N) is 1. The van der Waals surface area contributed by atoms with Gasteiger partial charge in [-0.2, -0.15) is 0 Å². The Morgan fingerprint density at radius 2 is 1.84 bits per heavy atom. The molecule has 2 rings (SSSR count). The summed E-state index contributed by atoms with van der Waals surface area (Å²) in [5, 5.41) is 9.72. The van der Waals surface area contributed by atoms with Crippen LogP contribution in [0.2, 0.25) is 0 Å². The van der Waals surface area contributed by atoms with Gasteiger partial charge in [0.2, 0.25) is 0 Å². The van der Waals surface area contributed by atoms with E-state index in [1.165, 1.54) is 13.0 Å². The van der Waals surface area contributed by atoms with Gasteiger partial charge in [-0.3, -0.25) is 4.79 Å². The number of aromatic nitrogens is 1. The molecule has 2 N–H and O–H groups in total. The van der Waals surface area contributed by atoms with Crippen molar-refractivity contribution in [1.82, 2.24) is 4.98 Å². The zero-order valence-corrected chi connectivity index (χ0v) is 11.5. The third-order valence-corrected chi connectivity index (χ3v) is 3.15. The second-order valence-electron chi connectivity index (χ2n) is 5.75. The molecule has 1 aromatic carbocycles. The second kappa shape index (κ2) is 4.23. The molecule has 19 heavy (non-hydrogen) atoms. The van der Waals surface area contributed by atoms with Gasteiger partial charge in [0.05, 0.1) is 5.56 Å². The molecule has 4 nitrogen and oxygen atoms in total. The molecule has 0 radical (unpaired) electrons. The summed E-state index contributed by atoms with van der Waals surface area (Å²) in [7, 11) is 0. The second-order valence-corrected chi connectivity index (χ2v) is 5.75. The van der Waals surface area contributed by atoms with E-state index in [2.05, 4.69) is 4.98 Å². The highest BCUT2D eigenvalue weighted by molar-refractivity contribution is 6.09. The van der Waals surface area contributed by atoms with Gasteiger partial charge in [-0.05, 0) is 25.1 Å². The van der Waals surface area contributed by atoms with Crippen molar-refractivity contribution in [2.45, 2.75) is 33.1 Å². The molecule has 0 fully saturated rings. The third kappa shape index (κ3) is 2.26. The van der Waals surface area contributed by atoms with Gasteiger partial charge in [0.25, 0.3) is 0 Å². The number of hydrogen-bond acceptors (Lipinski definition) is 2. The summed E-state index contributed by atoms with van der Waals surface area (Å²) in [6.45, 7) is 7.55. The van der Waals surface area contributed by atoms with Gasteiger partial charge < -0.3 is 10.1 Å². The predicted octanol–water partition coefficient (Wildman–Crippen LogP) is 3.37. The highest BCUT2D eigenvalue weighted by Gasteiger charge is 2.25. The fourth-order valence-electron chi connectivity index (χ4n) is 2.25. The average Bonchev–Trinajstić information content (AvgIpc) is 2.66. The van der Waals surface area contributed by atoms with Gasteiger partial charge >= 0.3 is 5.97 Å². The summed E-state index contributed by atoms with van der Waals surface area (Å²) in [5.41, 5.74) is 2.21. The Bertz CT molecular complexity index is 674. The van der Waals surface area contributed by atoms with Crippen molar-refractivity contribution in [3.05, 3.63) is 35.0 Å². The highest BCUT2D eigenvalue weighted by atomic mass is 16.4. The molecule has 0 aliphatic heterocycles. The fraction of sp³-hybridized carbons (Fsp3) is 0.333. The molecule has 0 saturated carbocycles. The molecule has 0 unspecified atom stereocenters. The first kappa shape index (κ1) is 13.3. The Balaban J connectivity index is 2.83. The topological polar surface area (TPSA) is 70.2 Å². The number of H-pyrrole nitrogens is 1. The van der Waals surface area contributed by atoms with Gasteiger partial charge in [0.15, 0.2) is 5.78 Å². The van der Waals surface area contributed by atoms with Crippen molar-refractivity contribution in [3.8, 4) is 0 Å². The zero-order valence-electron chi connectivity index (χ0n) is 11.5. The van der Waals surface area contributed by atoms with Crippen LogP contribution in [0.3, 0.4) is 0 Å². The Morgan fingerprint density at radius 3 is 2.32 bits per heavy atom. The Hall–Kier alpha value is -2.10. The molecule has 0 spiro atoms. The molecule has 4 heteroatoms. The quantitative estimate of drug-likeness (QED) is 0.812. The van der Waals surface area contributed by atoms with Gasteiger partial charge in [-0.25, -0.2) is 4.79 Å². The standard InChI is InChI=1S/C15H17NO3/c1-8(17)12-10-7-9(14(18)19)5-6-11(10)16-13(12)15(2,3)4/h5-7,16H,1-4H3,(H,18,19). The number of carboxylic acids is 1. The lowest BCUT2D eigenvalue weighted by atomic mass is 9.87. The van der Waals surface area contributed by atoms with E-state index in [4.69, 9.17) is 5.11 Å². The lowest BCUT2D eigenvalue weighted by molar-refractivity contribution is 0.0696. The van der Waals surface area contributed by atoms with Gasteiger partial charge in [0, 0.05) is 27.6 Å². The zero-order chi connectivity index (χ0) is 14.4. The Morgan fingerprint density at radius 1 is 1.21 bits per heavy atom. The summed E-state index contributed by atoms with van der Waals surface area (Å²) in [6, 6.07) is 4.80. The van der Waals surface area contributed by atoms with E-state index >= 15 is 0 Å². The number of benzene rings is 1. The smallest absolute Gasteiger partial charge is 0.335 e. The molecule has 2 aromatic rings. The number of ketones is 1. The number of fused-ring (bicyclic) bond motifs is 1. The van der Waals surface area contributed by atoms with Crippen molar-refractivity contribution in [2.75, 3.05) is 0 Å². The number of aromatic amines is 1. The van der Waals surface area contributed by atoms with Crippen LogP contribution in [0.15, 0.2) is 18.2 Å². The Labute approximate surface area is 111 Å². The molecule has 100 valence electrons.